The van der Waals surface area contributed by atoms with E-state index >= 15 is 0 Å². The van der Waals surface area contributed by atoms with E-state index in [0.717, 1.165) is 15.4 Å². The quantitative estimate of drug-likeness (QED) is 0.211. The summed E-state index contributed by atoms with van der Waals surface area (Å²) in [6.45, 7) is 11.1. The number of carbonyl (C=O) groups excluding carboxylic acids is 2. The van der Waals surface area contributed by atoms with Crippen LogP contribution in [-0.4, -0.2) is 43.8 Å². The first-order valence-electron chi connectivity index (χ1n) is 14.5. The highest BCUT2D eigenvalue weighted by molar-refractivity contribution is 7.92. The summed E-state index contributed by atoms with van der Waals surface area (Å²) in [6.07, 6.45) is 1.03. The zero-order valence-electron chi connectivity index (χ0n) is 25.6. The third-order valence-electron chi connectivity index (χ3n) is 7.48. The van der Waals surface area contributed by atoms with Crippen LogP contribution in [-0.2, 0) is 26.2 Å². The summed E-state index contributed by atoms with van der Waals surface area (Å²) in [5, 5.41) is 3.75. The molecule has 0 aromatic heterocycles. The molecule has 0 bridgehead atoms. The second-order valence-corrected chi connectivity index (χ2v) is 13.8. The van der Waals surface area contributed by atoms with Gasteiger partial charge in [-0.15, -0.1) is 0 Å². The first-order valence-corrected chi connectivity index (χ1v) is 16.7. The van der Waals surface area contributed by atoms with Gasteiger partial charge in [0, 0.05) is 22.6 Å². The van der Waals surface area contributed by atoms with Crippen LogP contribution in [0.4, 0.5) is 5.69 Å². The molecule has 3 aromatic carbocycles. The van der Waals surface area contributed by atoms with E-state index in [-0.39, 0.29) is 29.3 Å². The van der Waals surface area contributed by atoms with Crippen LogP contribution in [0, 0.1) is 6.92 Å². The van der Waals surface area contributed by atoms with E-state index < -0.39 is 28.5 Å². The van der Waals surface area contributed by atoms with E-state index in [1.807, 2.05) is 39.8 Å². The highest BCUT2D eigenvalue weighted by Crippen LogP contribution is 2.28. The van der Waals surface area contributed by atoms with Gasteiger partial charge in [0.1, 0.15) is 12.6 Å². The van der Waals surface area contributed by atoms with Crippen molar-refractivity contribution in [3.05, 3.63) is 93.5 Å². The maximum absolute atomic E-state index is 14.2. The van der Waals surface area contributed by atoms with Gasteiger partial charge in [-0.25, -0.2) is 8.42 Å². The summed E-state index contributed by atoms with van der Waals surface area (Å²) >= 11 is 12.6. The van der Waals surface area contributed by atoms with Crippen LogP contribution in [0.2, 0.25) is 10.0 Å². The van der Waals surface area contributed by atoms with Gasteiger partial charge in [0.15, 0.2) is 0 Å². The number of aryl methyl sites for hydroxylation is 1. The van der Waals surface area contributed by atoms with Crippen molar-refractivity contribution in [2.45, 2.75) is 83.8 Å². The lowest BCUT2D eigenvalue weighted by molar-refractivity contribution is -0.140. The minimum atomic E-state index is -4.15. The zero-order chi connectivity index (χ0) is 31.9. The van der Waals surface area contributed by atoms with E-state index in [1.165, 1.54) is 17.0 Å². The van der Waals surface area contributed by atoms with Gasteiger partial charge in [-0.05, 0) is 80.1 Å². The molecule has 0 spiro atoms. The van der Waals surface area contributed by atoms with Gasteiger partial charge in [0.05, 0.1) is 10.6 Å². The Labute approximate surface area is 266 Å². The fourth-order valence-electron chi connectivity index (χ4n) is 4.59. The van der Waals surface area contributed by atoms with E-state index in [0.29, 0.717) is 34.1 Å². The fourth-order valence-corrected chi connectivity index (χ4v) is 6.47. The van der Waals surface area contributed by atoms with Gasteiger partial charge in [-0.3, -0.25) is 13.9 Å². The van der Waals surface area contributed by atoms with Crippen molar-refractivity contribution < 1.29 is 18.0 Å². The lowest BCUT2D eigenvalue weighted by Gasteiger charge is -2.34. The second kappa shape index (κ2) is 15.1. The number of nitrogens with zero attached hydrogens (tertiary/aromatic N) is 2. The molecule has 3 aromatic rings. The standard InChI is InChI=1S/C33H41Cl2N3O4S/c1-7-24(6)36-33(40)31(8-2)37(20-26-11-14-27(34)19-30(26)35)32(39)21-38(28-15-12-25(13-16-28)22(3)4)43(41,42)29-17-9-23(5)10-18-29/h9-19,22,24,31H,7-8,20-21H2,1-6H3,(H,36,40). The predicted molar refractivity (Wildman–Crippen MR) is 175 cm³/mol. The molecule has 0 aliphatic heterocycles. The monoisotopic (exact) mass is 645 g/mol. The minimum Gasteiger partial charge on any atom is -0.352 e. The Morgan fingerprint density at radius 1 is 0.884 bits per heavy atom. The molecule has 2 unspecified atom stereocenters. The van der Waals surface area contributed by atoms with Crippen molar-refractivity contribution in [1.29, 1.82) is 0 Å². The summed E-state index contributed by atoms with van der Waals surface area (Å²) < 4.78 is 29.2. The van der Waals surface area contributed by atoms with Crippen LogP contribution >= 0.6 is 23.2 Å². The van der Waals surface area contributed by atoms with Crippen molar-refractivity contribution in [1.82, 2.24) is 10.2 Å². The molecule has 7 nitrogen and oxygen atoms in total. The van der Waals surface area contributed by atoms with Crippen LogP contribution < -0.4 is 9.62 Å². The Balaban J connectivity index is 2.10. The summed E-state index contributed by atoms with van der Waals surface area (Å²) in [6, 6.07) is 17.6. The topological polar surface area (TPSA) is 86.8 Å². The SMILES string of the molecule is CCC(C)NC(=O)C(CC)N(Cc1ccc(Cl)cc1Cl)C(=O)CN(c1ccc(C(C)C)cc1)S(=O)(=O)c1ccc(C)cc1. The Kier molecular flexibility index (Phi) is 12.1. The van der Waals surface area contributed by atoms with Gasteiger partial charge in [0.25, 0.3) is 10.0 Å². The summed E-state index contributed by atoms with van der Waals surface area (Å²) in [5.74, 6) is -0.614. The van der Waals surface area contributed by atoms with E-state index in [2.05, 4.69) is 19.2 Å². The molecule has 0 fully saturated rings. The summed E-state index contributed by atoms with van der Waals surface area (Å²) in [4.78, 5) is 29.2. The van der Waals surface area contributed by atoms with Crippen molar-refractivity contribution in [2.24, 2.45) is 0 Å². The molecule has 0 aliphatic carbocycles. The third-order valence-corrected chi connectivity index (χ3v) is 9.85. The van der Waals surface area contributed by atoms with Gasteiger partial charge in [0.2, 0.25) is 11.8 Å². The van der Waals surface area contributed by atoms with Gasteiger partial charge < -0.3 is 10.2 Å². The highest BCUT2D eigenvalue weighted by atomic mass is 35.5. The molecule has 0 saturated heterocycles. The smallest absolute Gasteiger partial charge is 0.264 e. The maximum Gasteiger partial charge on any atom is 0.264 e. The summed E-state index contributed by atoms with van der Waals surface area (Å²) in [7, 11) is -4.15. The number of halogens is 2. The number of carbonyl (C=O) groups is 2. The zero-order valence-corrected chi connectivity index (χ0v) is 27.9. The Hall–Kier alpha value is -3.07. The number of benzene rings is 3. The van der Waals surface area contributed by atoms with Crippen molar-refractivity contribution >= 4 is 50.7 Å². The average Bonchev–Trinajstić information content (AvgIpc) is 2.96. The number of hydrogen-bond donors (Lipinski definition) is 1. The molecule has 43 heavy (non-hydrogen) atoms. The number of amides is 2. The first-order chi connectivity index (χ1) is 20.3. The molecule has 10 heteroatoms. The lowest BCUT2D eigenvalue weighted by atomic mass is 10.0. The molecule has 0 heterocycles. The Bertz CT molecular complexity index is 1510. The Morgan fingerprint density at radius 2 is 1.51 bits per heavy atom. The predicted octanol–water partition coefficient (Wildman–Crippen LogP) is 7.34. The van der Waals surface area contributed by atoms with Crippen molar-refractivity contribution in [3.63, 3.8) is 0 Å². The average molecular weight is 647 g/mol. The molecular weight excluding hydrogens is 605 g/mol. The molecular formula is C33H41Cl2N3O4S. The largest absolute Gasteiger partial charge is 0.352 e. The van der Waals surface area contributed by atoms with Crippen LogP contribution in [0.5, 0.6) is 0 Å². The van der Waals surface area contributed by atoms with Crippen LogP contribution in [0.25, 0.3) is 0 Å². The molecule has 1 N–H and O–H groups in total. The van der Waals surface area contributed by atoms with E-state index in [1.54, 1.807) is 42.5 Å². The molecule has 0 aliphatic rings. The Morgan fingerprint density at radius 3 is 2.05 bits per heavy atom. The molecule has 0 radical (unpaired) electrons. The molecule has 2 amide bonds. The molecule has 0 saturated carbocycles. The number of anilines is 1. The van der Waals surface area contributed by atoms with Crippen LogP contribution in [0.3, 0.4) is 0 Å². The number of hydrogen-bond acceptors (Lipinski definition) is 4. The van der Waals surface area contributed by atoms with Gasteiger partial charge in [-0.2, -0.15) is 0 Å². The van der Waals surface area contributed by atoms with Gasteiger partial charge in [-0.1, -0.05) is 86.8 Å². The normalized spacial score (nSPS) is 13.0. The molecule has 232 valence electrons. The third kappa shape index (κ3) is 8.74. The number of rotatable bonds is 13. The molecule has 3 rings (SSSR count). The highest BCUT2D eigenvalue weighted by Gasteiger charge is 2.34. The van der Waals surface area contributed by atoms with Crippen molar-refractivity contribution in [3.8, 4) is 0 Å². The number of nitrogens with one attached hydrogen (secondary N) is 1. The fraction of sp³-hybridized carbons (Fsp3) is 0.394. The van der Waals surface area contributed by atoms with Crippen LogP contribution in [0.15, 0.2) is 71.6 Å². The van der Waals surface area contributed by atoms with Crippen molar-refractivity contribution in [2.75, 3.05) is 10.8 Å². The van der Waals surface area contributed by atoms with E-state index in [9.17, 15) is 18.0 Å². The number of sulfonamides is 1. The van der Waals surface area contributed by atoms with Crippen LogP contribution in [0.1, 0.15) is 70.1 Å². The lowest BCUT2D eigenvalue weighted by Crippen LogP contribution is -2.53. The van der Waals surface area contributed by atoms with E-state index in [4.69, 9.17) is 23.2 Å². The van der Waals surface area contributed by atoms with Gasteiger partial charge >= 0.3 is 0 Å². The first kappa shape index (κ1) is 34.4. The minimum absolute atomic E-state index is 0.00796. The molecule has 2 atom stereocenters. The summed E-state index contributed by atoms with van der Waals surface area (Å²) in [5.41, 5.74) is 2.88. The maximum atomic E-state index is 14.2. The second-order valence-electron chi connectivity index (χ2n) is 11.1.